The number of aromatic nitrogens is 2. The van der Waals surface area contributed by atoms with Gasteiger partial charge in [-0.05, 0) is 30.0 Å². The van der Waals surface area contributed by atoms with Gasteiger partial charge in [0, 0.05) is 17.5 Å². The number of hydrogen-bond acceptors (Lipinski definition) is 3. The van der Waals surface area contributed by atoms with Crippen molar-refractivity contribution in [3.05, 3.63) is 46.6 Å². The van der Waals surface area contributed by atoms with Crippen LogP contribution in [0.4, 0.5) is 0 Å². The molecule has 0 spiro atoms. The predicted molar refractivity (Wildman–Crippen MR) is 94.7 cm³/mol. The lowest BCUT2D eigenvalue weighted by Crippen LogP contribution is -2.08. The van der Waals surface area contributed by atoms with Gasteiger partial charge < -0.3 is 5.73 Å². The van der Waals surface area contributed by atoms with E-state index in [-0.39, 0.29) is 0 Å². The number of fused-ring (bicyclic) bond motifs is 1. The molecule has 116 valence electrons. The molecule has 4 heteroatoms. The third kappa shape index (κ3) is 2.57. The molecule has 2 heterocycles. The number of rotatable bonds is 5. The monoisotopic (exact) mass is 313 g/mol. The Morgan fingerprint density at radius 3 is 2.55 bits per heavy atom. The van der Waals surface area contributed by atoms with Crippen molar-refractivity contribution in [2.45, 2.75) is 39.5 Å². The van der Waals surface area contributed by atoms with Gasteiger partial charge in [-0.3, -0.25) is 4.40 Å². The Morgan fingerprint density at radius 2 is 1.95 bits per heavy atom. The van der Waals surface area contributed by atoms with Gasteiger partial charge in [0.15, 0.2) is 4.96 Å². The highest BCUT2D eigenvalue weighted by Crippen LogP contribution is 2.31. The summed E-state index contributed by atoms with van der Waals surface area (Å²) in [6.45, 7) is 7.23. The molecule has 0 amide bonds. The predicted octanol–water partition coefficient (Wildman–Crippen LogP) is 4.25. The second-order valence-corrected chi connectivity index (χ2v) is 6.76. The zero-order chi connectivity index (χ0) is 15.7. The molecular formula is C18H23N3S. The Hall–Kier alpha value is -1.65. The number of nitrogens with two attached hydrogens (primary N) is 1. The molecule has 3 nitrogen and oxygen atoms in total. The molecule has 0 aliphatic heterocycles. The average molecular weight is 313 g/mol. The van der Waals surface area contributed by atoms with E-state index < -0.39 is 0 Å². The van der Waals surface area contributed by atoms with E-state index in [0.717, 1.165) is 17.8 Å². The van der Waals surface area contributed by atoms with Crippen LogP contribution >= 0.6 is 11.3 Å². The van der Waals surface area contributed by atoms with E-state index in [9.17, 15) is 0 Å². The van der Waals surface area contributed by atoms with Crippen LogP contribution in [0.1, 0.15) is 43.6 Å². The molecule has 0 unspecified atom stereocenters. The van der Waals surface area contributed by atoms with Crippen molar-refractivity contribution in [2.24, 2.45) is 5.73 Å². The van der Waals surface area contributed by atoms with Gasteiger partial charge >= 0.3 is 0 Å². The van der Waals surface area contributed by atoms with Gasteiger partial charge in [0.25, 0.3) is 0 Å². The topological polar surface area (TPSA) is 43.3 Å². The summed E-state index contributed by atoms with van der Waals surface area (Å²) in [5.74, 6) is 0.420. The third-order valence-electron chi connectivity index (χ3n) is 4.08. The van der Waals surface area contributed by atoms with Gasteiger partial charge in [0.05, 0.1) is 11.4 Å². The molecule has 0 aliphatic carbocycles. The normalized spacial score (nSPS) is 11.7. The van der Waals surface area contributed by atoms with E-state index in [1.807, 2.05) is 0 Å². The number of imidazole rings is 1. The molecular weight excluding hydrogens is 290 g/mol. The zero-order valence-electron chi connectivity index (χ0n) is 13.5. The van der Waals surface area contributed by atoms with Gasteiger partial charge in [0.2, 0.25) is 0 Å². The first kappa shape index (κ1) is 15.3. The second kappa shape index (κ2) is 6.23. The number of hydrogen-bond donors (Lipinski definition) is 1. The van der Waals surface area contributed by atoms with Gasteiger partial charge in [-0.15, -0.1) is 11.3 Å². The highest BCUT2D eigenvalue weighted by atomic mass is 32.1. The van der Waals surface area contributed by atoms with Crippen LogP contribution in [0.3, 0.4) is 0 Å². The molecule has 0 bridgehead atoms. The minimum Gasteiger partial charge on any atom is -0.330 e. The number of nitrogens with zero attached hydrogens (tertiary/aromatic N) is 2. The fourth-order valence-electron chi connectivity index (χ4n) is 2.88. The van der Waals surface area contributed by atoms with Gasteiger partial charge in [0.1, 0.15) is 0 Å². The zero-order valence-corrected chi connectivity index (χ0v) is 14.3. The Morgan fingerprint density at radius 1 is 1.23 bits per heavy atom. The van der Waals surface area contributed by atoms with Crippen molar-refractivity contribution in [3.63, 3.8) is 0 Å². The molecule has 0 saturated carbocycles. The average Bonchev–Trinajstić information content (AvgIpc) is 3.08. The Kier molecular flexibility index (Phi) is 4.32. The first-order valence-electron chi connectivity index (χ1n) is 7.93. The molecule has 2 N–H and O–H groups in total. The molecule has 0 fully saturated rings. The summed E-state index contributed by atoms with van der Waals surface area (Å²) in [5.41, 5.74) is 12.1. The van der Waals surface area contributed by atoms with Crippen LogP contribution in [0.5, 0.6) is 0 Å². The van der Waals surface area contributed by atoms with Crippen molar-refractivity contribution in [3.8, 4) is 11.3 Å². The molecule has 22 heavy (non-hydrogen) atoms. The first-order valence-corrected chi connectivity index (χ1v) is 8.81. The summed E-state index contributed by atoms with van der Waals surface area (Å²) in [5, 5.41) is 2.20. The largest absolute Gasteiger partial charge is 0.330 e. The first-order chi connectivity index (χ1) is 10.7. The summed E-state index contributed by atoms with van der Waals surface area (Å²) in [6.07, 6.45) is 1.94. The Balaban J connectivity index is 2.16. The lowest BCUT2D eigenvalue weighted by atomic mass is 10.1. The fourth-order valence-corrected chi connectivity index (χ4v) is 3.81. The molecule has 1 aromatic carbocycles. The van der Waals surface area contributed by atoms with Gasteiger partial charge in [-0.2, -0.15) is 0 Å². The van der Waals surface area contributed by atoms with Crippen molar-refractivity contribution in [1.29, 1.82) is 0 Å². The summed E-state index contributed by atoms with van der Waals surface area (Å²) in [4.78, 5) is 5.91. The fraction of sp³-hybridized carbons (Fsp3) is 0.389. The lowest BCUT2D eigenvalue weighted by molar-refractivity contribution is 0.792. The number of aryl methyl sites for hydroxylation is 1. The van der Waals surface area contributed by atoms with E-state index in [4.69, 9.17) is 10.7 Å². The van der Waals surface area contributed by atoms with E-state index >= 15 is 0 Å². The minimum absolute atomic E-state index is 0.420. The smallest absolute Gasteiger partial charge is 0.194 e. The minimum atomic E-state index is 0.420. The van der Waals surface area contributed by atoms with Crippen LogP contribution in [0, 0.1) is 0 Å². The number of thiazole rings is 1. The Labute approximate surface area is 135 Å². The maximum atomic E-state index is 5.84. The van der Waals surface area contributed by atoms with Crippen molar-refractivity contribution < 1.29 is 0 Å². The molecule has 0 radical (unpaired) electrons. The highest BCUT2D eigenvalue weighted by molar-refractivity contribution is 7.15. The van der Waals surface area contributed by atoms with E-state index in [1.54, 1.807) is 11.3 Å². The van der Waals surface area contributed by atoms with Gasteiger partial charge in [-0.25, -0.2) is 4.98 Å². The van der Waals surface area contributed by atoms with Crippen LogP contribution in [0.15, 0.2) is 29.6 Å². The van der Waals surface area contributed by atoms with Crippen LogP contribution < -0.4 is 5.73 Å². The van der Waals surface area contributed by atoms with Crippen LogP contribution in [0.25, 0.3) is 16.2 Å². The van der Waals surface area contributed by atoms with E-state index in [2.05, 4.69) is 54.8 Å². The summed E-state index contributed by atoms with van der Waals surface area (Å²) in [7, 11) is 0. The SMILES string of the molecule is CCc1ccc(-c2csc3nc(C(C)C)c(CCN)n23)cc1. The van der Waals surface area contributed by atoms with Crippen LogP contribution in [0.2, 0.25) is 0 Å². The highest BCUT2D eigenvalue weighted by Gasteiger charge is 2.18. The van der Waals surface area contributed by atoms with E-state index in [1.165, 1.54) is 28.2 Å². The van der Waals surface area contributed by atoms with Crippen molar-refractivity contribution >= 4 is 16.3 Å². The third-order valence-corrected chi connectivity index (χ3v) is 4.90. The lowest BCUT2D eigenvalue weighted by Gasteiger charge is -2.08. The van der Waals surface area contributed by atoms with Crippen molar-refractivity contribution in [2.75, 3.05) is 6.54 Å². The van der Waals surface area contributed by atoms with Gasteiger partial charge in [-0.1, -0.05) is 45.0 Å². The number of benzene rings is 1. The van der Waals surface area contributed by atoms with Crippen LogP contribution in [-0.4, -0.2) is 15.9 Å². The maximum absolute atomic E-state index is 5.84. The standard InChI is InChI=1S/C18H23N3S/c1-4-13-5-7-14(8-6-13)16-11-22-18-20-17(12(2)3)15(9-10-19)21(16)18/h5-8,11-12H,4,9-10,19H2,1-3H3. The Bertz CT molecular complexity index is 766. The quantitative estimate of drug-likeness (QED) is 0.765. The molecule has 2 aromatic heterocycles. The molecule has 3 aromatic rings. The summed E-state index contributed by atoms with van der Waals surface area (Å²) >= 11 is 1.71. The molecule has 0 aliphatic rings. The van der Waals surface area contributed by atoms with Crippen LogP contribution in [-0.2, 0) is 12.8 Å². The summed E-state index contributed by atoms with van der Waals surface area (Å²) in [6, 6.07) is 8.84. The maximum Gasteiger partial charge on any atom is 0.194 e. The molecule has 3 rings (SSSR count). The molecule has 0 atom stereocenters. The summed E-state index contributed by atoms with van der Waals surface area (Å²) < 4.78 is 2.30. The van der Waals surface area contributed by atoms with E-state index in [0.29, 0.717) is 12.5 Å². The second-order valence-electron chi connectivity index (χ2n) is 5.93. The molecule has 0 saturated heterocycles. The van der Waals surface area contributed by atoms with Crippen molar-refractivity contribution in [1.82, 2.24) is 9.38 Å².